The van der Waals surface area contributed by atoms with Gasteiger partial charge in [-0.2, -0.15) is 0 Å². The van der Waals surface area contributed by atoms with Crippen molar-refractivity contribution in [2.24, 2.45) is 0 Å². The van der Waals surface area contributed by atoms with E-state index in [-0.39, 0.29) is 6.10 Å². The summed E-state index contributed by atoms with van der Waals surface area (Å²) in [5.74, 6) is 0. The Hall–Kier alpha value is -0.120. The molecular weight excluding hydrogens is 152 g/mol. The molecule has 0 amide bonds. The maximum absolute atomic E-state index is 9.70. The third-order valence-electron chi connectivity index (χ3n) is 2.68. The largest absolute Gasteiger partial charge is 0.390 e. The van der Waals surface area contributed by atoms with Crippen molar-refractivity contribution in [3.05, 3.63) is 0 Å². The van der Waals surface area contributed by atoms with Gasteiger partial charge in [0.2, 0.25) is 0 Å². The third kappa shape index (κ3) is 1.97. The van der Waals surface area contributed by atoms with Crippen LogP contribution in [0.1, 0.15) is 13.8 Å². The fourth-order valence-electron chi connectivity index (χ4n) is 1.73. The molecule has 0 spiro atoms. The van der Waals surface area contributed by atoms with Crippen molar-refractivity contribution >= 4 is 0 Å². The van der Waals surface area contributed by atoms with Gasteiger partial charge in [0.15, 0.2) is 0 Å². The lowest BCUT2D eigenvalue weighted by Crippen LogP contribution is -2.38. The highest BCUT2D eigenvalue weighted by molar-refractivity contribution is 4.89. The van der Waals surface area contributed by atoms with Crippen LogP contribution in [0.3, 0.4) is 0 Å². The summed E-state index contributed by atoms with van der Waals surface area (Å²) >= 11 is 0. The molecule has 3 heteroatoms. The smallest absolute Gasteiger partial charge is 0.0834 e. The molecule has 3 nitrogen and oxygen atoms in total. The standard InChI is InChI=1S/C9H20N2O/c1-7(2)11-5-8(10(3)4)9(12)6-11/h7-9,12H,5-6H2,1-4H3. The summed E-state index contributed by atoms with van der Waals surface area (Å²) in [6, 6.07) is 0.858. The molecule has 0 saturated carbocycles. The lowest BCUT2D eigenvalue weighted by Gasteiger charge is -2.23. The normalized spacial score (nSPS) is 32.2. The zero-order valence-electron chi connectivity index (χ0n) is 8.49. The van der Waals surface area contributed by atoms with Crippen LogP contribution in [0.2, 0.25) is 0 Å². The number of aliphatic hydroxyl groups is 1. The van der Waals surface area contributed by atoms with Gasteiger partial charge in [0.1, 0.15) is 0 Å². The zero-order valence-corrected chi connectivity index (χ0v) is 8.49. The molecule has 2 atom stereocenters. The van der Waals surface area contributed by atoms with Crippen molar-refractivity contribution in [2.75, 3.05) is 27.2 Å². The Kier molecular flexibility index (Phi) is 3.09. The number of hydrogen-bond acceptors (Lipinski definition) is 3. The molecule has 1 aliphatic heterocycles. The van der Waals surface area contributed by atoms with E-state index in [1.165, 1.54) is 0 Å². The van der Waals surface area contributed by atoms with Crippen molar-refractivity contribution in [2.45, 2.75) is 32.0 Å². The van der Waals surface area contributed by atoms with Crippen molar-refractivity contribution < 1.29 is 5.11 Å². The predicted molar refractivity (Wildman–Crippen MR) is 50.2 cm³/mol. The predicted octanol–water partition coefficient (Wildman–Crippen LogP) is 0.00150. The molecule has 1 heterocycles. The number of aliphatic hydroxyl groups excluding tert-OH is 1. The minimum absolute atomic E-state index is 0.178. The van der Waals surface area contributed by atoms with E-state index < -0.39 is 0 Å². The Morgan fingerprint density at radius 3 is 2.17 bits per heavy atom. The van der Waals surface area contributed by atoms with Crippen LogP contribution in [-0.2, 0) is 0 Å². The fraction of sp³-hybridized carbons (Fsp3) is 1.00. The molecule has 1 fully saturated rings. The Morgan fingerprint density at radius 2 is 1.92 bits per heavy atom. The molecule has 0 aromatic carbocycles. The average molecular weight is 172 g/mol. The topological polar surface area (TPSA) is 26.7 Å². The van der Waals surface area contributed by atoms with Crippen LogP contribution >= 0.6 is 0 Å². The fourth-order valence-corrected chi connectivity index (χ4v) is 1.73. The summed E-state index contributed by atoms with van der Waals surface area (Å²) in [5, 5.41) is 9.70. The third-order valence-corrected chi connectivity index (χ3v) is 2.68. The summed E-state index contributed by atoms with van der Waals surface area (Å²) in [4.78, 5) is 4.42. The second kappa shape index (κ2) is 3.73. The van der Waals surface area contributed by atoms with Crippen LogP contribution in [0.25, 0.3) is 0 Å². The molecule has 0 aliphatic carbocycles. The van der Waals surface area contributed by atoms with Crippen molar-refractivity contribution in [3.8, 4) is 0 Å². The Bertz CT molecular complexity index is 147. The number of β-amino-alcohol motifs (C(OH)–C–C–N with tert-alkyl or cyclic N) is 1. The lowest BCUT2D eigenvalue weighted by molar-refractivity contribution is 0.112. The van der Waals surface area contributed by atoms with Gasteiger partial charge in [0.25, 0.3) is 0 Å². The monoisotopic (exact) mass is 172 g/mol. The molecular formula is C9H20N2O. The van der Waals surface area contributed by atoms with E-state index in [1.807, 2.05) is 14.1 Å². The summed E-state index contributed by atoms with van der Waals surface area (Å²) in [7, 11) is 4.05. The van der Waals surface area contributed by atoms with Gasteiger partial charge in [-0.3, -0.25) is 4.90 Å². The number of likely N-dealkylation sites (tertiary alicyclic amines) is 1. The van der Waals surface area contributed by atoms with Gasteiger partial charge in [-0.15, -0.1) is 0 Å². The van der Waals surface area contributed by atoms with Crippen LogP contribution in [-0.4, -0.2) is 60.3 Å². The van der Waals surface area contributed by atoms with Crippen molar-refractivity contribution in [1.29, 1.82) is 0 Å². The van der Waals surface area contributed by atoms with Crippen LogP contribution < -0.4 is 0 Å². The first kappa shape index (κ1) is 9.96. The van der Waals surface area contributed by atoms with Gasteiger partial charge >= 0.3 is 0 Å². The van der Waals surface area contributed by atoms with Gasteiger partial charge in [-0.25, -0.2) is 0 Å². The van der Waals surface area contributed by atoms with Gasteiger partial charge in [0.05, 0.1) is 6.10 Å². The Morgan fingerprint density at radius 1 is 1.33 bits per heavy atom. The second-order valence-electron chi connectivity index (χ2n) is 4.15. The van der Waals surface area contributed by atoms with E-state index >= 15 is 0 Å². The minimum atomic E-state index is -0.178. The first-order valence-electron chi connectivity index (χ1n) is 4.61. The van der Waals surface area contributed by atoms with Crippen LogP contribution in [0.4, 0.5) is 0 Å². The number of nitrogens with zero attached hydrogens (tertiary/aromatic N) is 2. The van der Waals surface area contributed by atoms with Gasteiger partial charge in [-0.1, -0.05) is 0 Å². The lowest BCUT2D eigenvalue weighted by atomic mass is 10.2. The molecule has 1 N–H and O–H groups in total. The summed E-state index contributed by atoms with van der Waals surface area (Å²) in [6.07, 6.45) is -0.178. The summed E-state index contributed by atoms with van der Waals surface area (Å²) in [6.45, 7) is 6.15. The molecule has 0 aromatic heterocycles. The van der Waals surface area contributed by atoms with E-state index in [0.29, 0.717) is 12.1 Å². The Balaban J connectivity index is 2.50. The molecule has 0 aromatic rings. The van der Waals surface area contributed by atoms with E-state index in [4.69, 9.17) is 0 Å². The van der Waals surface area contributed by atoms with Crippen LogP contribution in [0.15, 0.2) is 0 Å². The first-order valence-corrected chi connectivity index (χ1v) is 4.61. The zero-order chi connectivity index (χ0) is 9.30. The maximum atomic E-state index is 9.70. The molecule has 1 aliphatic rings. The molecule has 1 rings (SSSR count). The highest BCUT2D eigenvalue weighted by Crippen LogP contribution is 2.16. The van der Waals surface area contributed by atoms with Gasteiger partial charge in [0, 0.05) is 25.2 Å². The first-order chi connectivity index (χ1) is 5.52. The van der Waals surface area contributed by atoms with E-state index in [1.54, 1.807) is 0 Å². The summed E-state index contributed by atoms with van der Waals surface area (Å²) in [5.41, 5.74) is 0. The SMILES string of the molecule is CC(C)N1CC(O)C(N(C)C)C1. The van der Waals surface area contributed by atoms with E-state index in [0.717, 1.165) is 13.1 Å². The highest BCUT2D eigenvalue weighted by atomic mass is 16.3. The van der Waals surface area contributed by atoms with Crippen LogP contribution in [0.5, 0.6) is 0 Å². The maximum Gasteiger partial charge on any atom is 0.0834 e. The highest BCUT2D eigenvalue weighted by Gasteiger charge is 2.33. The number of likely N-dealkylation sites (N-methyl/N-ethyl adjacent to an activating group) is 1. The van der Waals surface area contributed by atoms with Gasteiger partial charge in [-0.05, 0) is 27.9 Å². The van der Waals surface area contributed by atoms with Crippen molar-refractivity contribution in [3.63, 3.8) is 0 Å². The van der Waals surface area contributed by atoms with E-state index in [9.17, 15) is 5.11 Å². The number of rotatable bonds is 2. The molecule has 2 unspecified atom stereocenters. The van der Waals surface area contributed by atoms with Gasteiger partial charge < -0.3 is 10.0 Å². The molecule has 12 heavy (non-hydrogen) atoms. The molecule has 72 valence electrons. The minimum Gasteiger partial charge on any atom is -0.390 e. The van der Waals surface area contributed by atoms with E-state index in [2.05, 4.69) is 23.6 Å². The quantitative estimate of drug-likeness (QED) is 0.635. The number of hydrogen-bond donors (Lipinski definition) is 1. The molecule has 1 saturated heterocycles. The summed E-state index contributed by atoms with van der Waals surface area (Å²) < 4.78 is 0. The average Bonchev–Trinajstić information content (AvgIpc) is 2.30. The van der Waals surface area contributed by atoms with Crippen LogP contribution in [0, 0.1) is 0 Å². The Labute approximate surface area is 75.0 Å². The second-order valence-corrected chi connectivity index (χ2v) is 4.15. The molecule has 0 bridgehead atoms. The molecule has 0 radical (unpaired) electrons. The van der Waals surface area contributed by atoms with Crippen molar-refractivity contribution in [1.82, 2.24) is 9.80 Å².